The van der Waals surface area contributed by atoms with Crippen LogP contribution in [0.15, 0.2) is 11.3 Å². The number of nitrogens with zero attached hydrogens (tertiary/aromatic N) is 1. The quantitative estimate of drug-likeness (QED) is 0.317. The summed E-state index contributed by atoms with van der Waals surface area (Å²) in [7, 11) is 0. The van der Waals surface area contributed by atoms with Crippen LogP contribution in [0.4, 0.5) is 0 Å². The number of hydrogen-bond acceptors (Lipinski definition) is 5. The summed E-state index contributed by atoms with van der Waals surface area (Å²) >= 11 is 0. The predicted molar refractivity (Wildman–Crippen MR) is 103 cm³/mol. The first kappa shape index (κ1) is 22.4. The zero-order valence-electron chi connectivity index (χ0n) is 16.8. The zero-order valence-corrected chi connectivity index (χ0v) is 16.8. The van der Waals surface area contributed by atoms with Crippen LogP contribution in [0.5, 0.6) is 0 Å². The number of nitrogens with two attached hydrogens (primary N) is 1. The smallest absolute Gasteiger partial charge is 0.246 e. The summed E-state index contributed by atoms with van der Waals surface area (Å²) < 4.78 is 5.40. The normalized spacial score (nSPS) is 20.8. The highest BCUT2D eigenvalue weighted by atomic mass is 16.8. The third kappa shape index (κ3) is 6.91. The van der Waals surface area contributed by atoms with E-state index in [0.29, 0.717) is 57.2 Å². The van der Waals surface area contributed by atoms with Crippen molar-refractivity contribution < 1.29 is 24.0 Å². The standard InChI is InChI=1S/C20H33N3O5/c1-2-8-15(20(21)26)16(23-13-7-11-18(23)25)9-3-4-10-17(24)22-28-19-12-5-6-14-27-19/h19H,2-14H2,1H3,(H2,21,26)(H,22,24). The minimum atomic E-state index is -0.463. The number of unbranched alkanes of at least 4 members (excludes halogenated alkanes) is 1. The Labute approximate surface area is 166 Å². The molecule has 0 radical (unpaired) electrons. The minimum absolute atomic E-state index is 0.0449. The number of nitrogens with one attached hydrogen (secondary N) is 1. The first-order valence-corrected chi connectivity index (χ1v) is 10.4. The zero-order chi connectivity index (χ0) is 20.4. The van der Waals surface area contributed by atoms with Gasteiger partial charge in [-0.05, 0) is 44.9 Å². The molecule has 0 bridgehead atoms. The van der Waals surface area contributed by atoms with E-state index in [2.05, 4.69) is 5.48 Å². The van der Waals surface area contributed by atoms with Gasteiger partial charge in [0.2, 0.25) is 17.7 Å². The van der Waals surface area contributed by atoms with Crippen molar-refractivity contribution in [3.05, 3.63) is 11.3 Å². The Kier molecular flexibility index (Phi) is 9.43. The van der Waals surface area contributed by atoms with Gasteiger partial charge in [0.15, 0.2) is 6.29 Å². The molecule has 0 saturated carbocycles. The lowest BCUT2D eigenvalue weighted by atomic mass is 10.0. The highest BCUT2D eigenvalue weighted by Gasteiger charge is 2.27. The molecule has 158 valence electrons. The van der Waals surface area contributed by atoms with Gasteiger partial charge in [-0.25, -0.2) is 10.3 Å². The first-order valence-electron chi connectivity index (χ1n) is 10.4. The number of primary amides is 1. The SMILES string of the molecule is CCCC(C(N)=O)=C(CCCCC(=O)NOC1CCCCO1)N1CCCC1=O. The molecule has 2 fully saturated rings. The van der Waals surface area contributed by atoms with Crippen molar-refractivity contribution >= 4 is 17.7 Å². The van der Waals surface area contributed by atoms with E-state index in [9.17, 15) is 14.4 Å². The summed E-state index contributed by atoms with van der Waals surface area (Å²) in [5.74, 6) is -0.612. The molecule has 2 aliphatic rings. The minimum Gasteiger partial charge on any atom is -0.366 e. The Bertz CT molecular complexity index is 584. The Morgan fingerprint density at radius 3 is 2.61 bits per heavy atom. The van der Waals surface area contributed by atoms with Crippen molar-refractivity contribution in [3.63, 3.8) is 0 Å². The maximum atomic E-state index is 12.2. The molecule has 1 unspecified atom stereocenters. The molecule has 2 heterocycles. The van der Waals surface area contributed by atoms with E-state index in [1.54, 1.807) is 4.90 Å². The summed E-state index contributed by atoms with van der Waals surface area (Å²) in [6, 6.07) is 0. The van der Waals surface area contributed by atoms with Crippen molar-refractivity contribution in [2.24, 2.45) is 5.73 Å². The lowest BCUT2D eigenvalue weighted by molar-refractivity contribution is -0.200. The molecule has 2 rings (SSSR count). The highest BCUT2D eigenvalue weighted by molar-refractivity contribution is 5.94. The fourth-order valence-corrected chi connectivity index (χ4v) is 3.61. The van der Waals surface area contributed by atoms with Gasteiger partial charge in [-0.15, -0.1) is 0 Å². The van der Waals surface area contributed by atoms with Gasteiger partial charge < -0.3 is 15.4 Å². The lowest BCUT2D eigenvalue weighted by Gasteiger charge is -2.23. The number of rotatable bonds is 11. The number of allylic oxidation sites excluding steroid dienone is 1. The van der Waals surface area contributed by atoms with Crippen LogP contribution in [0.3, 0.4) is 0 Å². The van der Waals surface area contributed by atoms with Gasteiger partial charge in [-0.2, -0.15) is 0 Å². The number of carbonyl (C=O) groups is 3. The summed E-state index contributed by atoms with van der Waals surface area (Å²) in [6.45, 7) is 3.27. The molecule has 3 amide bonds. The molecule has 8 nitrogen and oxygen atoms in total. The molecular weight excluding hydrogens is 362 g/mol. The van der Waals surface area contributed by atoms with Crippen molar-refractivity contribution in [2.75, 3.05) is 13.2 Å². The van der Waals surface area contributed by atoms with Crippen molar-refractivity contribution in [2.45, 2.75) is 83.8 Å². The van der Waals surface area contributed by atoms with Crippen LogP contribution in [0.1, 0.15) is 77.6 Å². The fourth-order valence-electron chi connectivity index (χ4n) is 3.61. The Balaban J connectivity index is 1.82. The molecule has 0 aromatic heterocycles. The van der Waals surface area contributed by atoms with Crippen LogP contribution in [0.2, 0.25) is 0 Å². The first-order chi connectivity index (χ1) is 13.5. The fraction of sp³-hybridized carbons (Fsp3) is 0.750. The van der Waals surface area contributed by atoms with Gasteiger partial charge >= 0.3 is 0 Å². The Morgan fingerprint density at radius 2 is 2.00 bits per heavy atom. The molecule has 0 aromatic rings. The van der Waals surface area contributed by atoms with E-state index in [0.717, 1.165) is 37.8 Å². The summed E-state index contributed by atoms with van der Waals surface area (Å²) in [6.07, 6.45) is 7.31. The van der Waals surface area contributed by atoms with Gasteiger partial charge in [-0.3, -0.25) is 14.4 Å². The third-order valence-corrected chi connectivity index (χ3v) is 5.05. The van der Waals surface area contributed by atoms with E-state index >= 15 is 0 Å². The lowest BCUT2D eigenvalue weighted by Crippen LogP contribution is -2.33. The van der Waals surface area contributed by atoms with E-state index in [4.69, 9.17) is 15.3 Å². The third-order valence-electron chi connectivity index (χ3n) is 5.05. The van der Waals surface area contributed by atoms with E-state index < -0.39 is 5.91 Å². The molecule has 2 aliphatic heterocycles. The van der Waals surface area contributed by atoms with Crippen LogP contribution < -0.4 is 11.2 Å². The Morgan fingerprint density at radius 1 is 1.21 bits per heavy atom. The molecule has 3 N–H and O–H groups in total. The molecule has 8 heteroatoms. The van der Waals surface area contributed by atoms with E-state index in [1.807, 2.05) is 6.92 Å². The van der Waals surface area contributed by atoms with Gasteiger partial charge in [0.1, 0.15) is 0 Å². The Hall–Kier alpha value is -1.93. The van der Waals surface area contributed by atoms with Gasteiger partial charge in [-0.1, -0.05) is 13.3 Å². The summed E-state index contributed by atoms with van der Waals surface area (Å²) in [5.41, 5.74) is 9.30. The van der Waals surface area contributed by atoms with Crippen molar-refractivity contribution in [3.8, 4) is 0 Å². The van der Waals surface area contributed by atoms with Crippen LogP contribution in [0, 0.1) is 0 Å². The molecule has 1 atom stereocenters. The van der Waals surface area contributed by atoms with Crippen LogP contribution in [0.25, 0.3) is 0 Å². The van der Waals surface area contributed by atoms with E-state index in [-0.39, 0.29) is 18.1 Å². The average molecular weight is 396 g/mol. The topological polar surface area (TPSA) is 111 Å². The highest BCUT2D eigenvalue weighted by Crippen LogP contribution is 2.26. The van der Waals surface area contributed by atoms with E-state index in [1.165, 1.54) is 0 Å². The molecular formula is C20H33N3O5. The maximum absolute atomic E-state index is 12.2. The van der Waals surface area contributed by atoms with Crippen molar-refractivity contribution in [1.82, 2.24) is 10.4 Å². The van der Waals surface area contributed by atoms with Gasteiger partial charge in [0.05, 0.1) is 0 Å². The number of ether oxygens (including phenoxy) is 1. The summed E-state index contributed by atoms with van der Waals surface area (Å²) in [5, 5.41) is 0. The predicted octanol–water partition coefficient (Wildman–Crippen LogP) is 2.28. The molecule has 0 aromatic carbocycles. The number of amides is 3. The second-order valence-corrected chi connectivity index (χ2v) is 7.33. The summed E-state index contributed by atoms with van der Waals surface area (Å²) in [4.78, 5) is 43.0. The molecule has 0 spiro atoms. The van der Waals surface area contributed by atoms with Crippen molar-refractivity contribution in [1.29, 1.82) is 0 Å². The number of likely N-dealkylation sites (tertiary alicyclic amines) is 1. The average Bonchev–Trinajstić information content (AvgIpc) is 3.11. The number of hydrogen-bond donors (Lipinski definition) is 2. The van der Waals surface area contributed by atoms with Crippen LogP contribution >= 0.6 is 0 Å². The maximum Gasteiger partial charge on any atom is 0.246 e. The number of carbonyl (C=O) groups excluding carboxylic acids is 3. The van der Waals surface area contributed by atoms with Crippen LogP contribution in [-0.4, -0.2) is 42.1 Å². The van der Waals surface area contributed by atoms with Gasteiger partial charge in [0.25, 0.3) is 0 Å². The number of hydroxylamine groups is 1. The van der Waals surface area contributed by atoms with Crippen LogP contribution in [-0.2, 0) is 24.0 Å². The second-order valence-electron chi connectivity index (χ2n) is 7.33. The van der Waals surface area contributed by atoms with Gasteiger partial charge in [0, 0.05) is 43.7 Å². The monoisotopic (exact) mass is 395 g/mol. The second kappa shape index (κ2) is 11.8. The largest absolute Gasteiger partial charge is 0.366 e. The molecule has 2 saturated heterocycles. The molecule has 0 aliphatic carbocycles. The molecule has 28 heavy (non-hydrogen) atoms.